The molecule has 176 valence electrons. The topological polar surface area (TPSA) is 65.0 Å². The molecule has 0 heterocycles. The Labute approximate surface area is 200 Å². The maximum atomic E-state index is 11.3. The lowest BCUT2D eigenvalue weighted by Crippen LogP contribution is -2.26. The predicted octanol–water partition coefficient (Wildman–Crippen LogP) is 6.00. The quantitative estimate of drug-likeness (QED) is 0.299. The summed E-state index contributed by atoms with van der Waals surface area (Å²) in [5.41, 5.74) is 6.82. The monoisotopic (exact) mass is 458 g/mol. The van der Waals surface area contributed by atoms with E-state index in [1.54, 1.807) is 6.92 Å². The zero-order valence-electron chi connectivity index (χ0n) is 19.6. The van der Waals surface area contributed by atoms with Gasteiger partial charge in [-0.2, -0.15) is 0 Å². The summed E-state index contributed by atoms with van der Waals surface area (Å²) in [6.07, 6.45) is 2.58. The number of carbonyl (C=O) groups is 1. The van der Waals surface area contributed by atoms with Gasteiger partial charge < -0.3 is 19.3 Å². The van der Waals surface area contributed by atoms with E-state index in [0.29, 0.717) is 26.2 Å². The van der Waals surface area contributed by atoms with Gasteiger partial charge in [-0.05, 0) is 77.1 Å². The number of hydrogen-bond donors (Lipinski definition) is 1. The van der Waals surface area contributed by atoms with Gasteiger partial charge in [-0.25, -0.2) is 4.79 Å². The molecule has 5 heteroatoms. The van der Waals surface area contributed by atoms with E-state index < -0.39 is 12.1 Å². The standard InChI is InChI=1S/C29H30O5/c1-3-16-33-22-13-14-25-26(23-7-5-6-8-24(23)27(25)19-22)15-17-34-21-11-9-20(10-12-21)18-28(29(30)31)32-4-2/h5-15,19,28H,3-4,16-18H2,1-2H3,(H,30,31)/b26-15-. The first-order valence-electron chi connectivity index (χ1n) is 11.7. The minimum atomic E-state index is -0.949. The Morgan fingerprint density at radius 1 is 0.882 bits per heavy atom. The molecule has 34 heavy (non-hydrogen) atoms. The normalized spacial score (nSPS) is 13.9. The van der Waals surface area contributed by atoms with Crippen LogP contribution >= 0.6 is 0 Å². The number of ether oxygens (including phenoxy) is 3. The molecular weight excluding hydrogens is 428 g/mol. The van der Waals surface area contributed by atoms with E-state index in [-0.39, 0.29) is 0 Å². The molecular formula is C29H30O5. The van der Waals surface area contributed by atoms with Crippen LogP contribution in [0.5, 0.6) is 11.5 Å². The number of aliphatic carboxylic acids is 1. The highest BCUT2D eigenvalue weighted by Gasteiger charge is 2.23. The molecule has 0 spiro atoms. The van der Waals surface area contributed by atoms with Crippen LogP contribution in [0.25, 0.3) is 16.7 Å². The first-order valence-corrected chi connectivity index (χ1v) is 11.7. The Morgan fingerprint density at radius 3 is 2.29 bits per heavy atom. The summed E-state index contributed by atoms with van der Waals surface area (Å²) in [5, 5.41) is 9.27. The second-order valence-corrected chi connectivity index (χ2v) is 8.16. The lowest BCUT2D eigenvalue weighted by Gasteiger charge is -2.12. The van der Waals surface area contributed by atoms with Gasteiger partial charge in [0.25, 0.3) is 0 Å². The number of carboxylic acids is 1. The summed E-state index contributed by atoms with van der Waals surface area (Å²) >= 11 is 0. The molecule has 0 saturated heterocycles. The molecule has 0 aromatic heterocycles. The summed E-state index contributed by atoms with van der Waals surface area (Å²) in [4.78, 5) is 11.3. The van der Waals surface area contributed by atoms with Crippen molar-refractivity contribution >= 4 is 11.5 Å². The van der Waals surface area contributed by atoms with Crippen molar-refractivity contribution in [2.24, 2.45) is 0 Å². The number of benzene rings is 3. The van der Waals surface area contributed by atoms with E-state index in [1.807, 2.05) is 30.3 Å². The molecule has 0 radical (unpaired) electrons. The van der Waals surface area contributed by atoms with Gasteiger partial charge >= 0.3 is 5.97 Å². The molecule has 1 atom stereocenters. The number of fused-ring (bicyclic) bond motifs is 3. The van der Waals surface area contributed by atoms with Gasteiger partial charge in [0.1, 0.15) is 18.1 Å². The fourth-order valence-electron chi connectivity index (χ4n) is 4.18. The summed E-state index contributed by atoms with van der Waals surface area (Å²) in [7, 11) is 0. The molecule has 0 saturated carbocycles. The molecule has 1 N–H and O–H groups in total. The molecule has 0 amide bonds. The third kappa shape index (κ3) is 5.32. The van der Waals surface area contributed by atoms with Crippen molar-refractivity contribution in [3.8, 4) is 22.6 Å². The Kier molecular flexibility index (Phi) is 7.65. The van der Waals surface area contributed by atoms with Crippen molar-refractivity contribution in [2.75, 3.05) is 19.8 Å². The number of rotatable bonds is 11. The average molecular weight is 459 g/mol. The minimum Gasteiger partial charge on any atom is -0.494 e. The predicted molar refractivity (Wildman–Crippen MR) is 133 cm³/mol. The highest BCUT2D eigenvalue weighted by atomic mass is 16.5. The van der Waals surface area contributed by atoms with Gasteiger partial charge in [0.05, 0.1) is 6.61 Å². The van der Waals surface area contributed by atoms with Crippen LogP contribution in [0.3, 0.4) is 0 Å². The molecule has 1 aliphatic rings. The van der Waals surface area contributed by atoms with E-state index in [0.717, 1.165) is 29.1 Å². The maximum Gasteiger partial charge on any atom is 0.333 e. The smallest absolute Gasteiger partial charge is 0.333 e. The van der Waals surface area contributed by atoms with Crippen LogP contribution < -0.4 is 9.47 Å². The molecule has 3 aromatic rings. The number of carboxylic acid groups (broad SMARTS) is 1. The fourth-order valence-corrected chi connectivity index (χ4v) is 4.18. The maximum absolute atomic E-state index is 11.3. The van der Waals surface area contributed by atoms with E-state index in [1.165, 1.54) is 22.3 Å². The van der Waals surface area contributed by atoms with Crippen LogP contribution in [0.15, 0.2) is 72.8 Å². The van der Waals surface area contributed by atoms with Gasteiger partial charge in [-0.15, -0.1) is 0 Å². The Bertz CT molecular complexity index is 1160. The minimum absolute atomic E-state index is 0.324. The van der Waals surface area contributed by atoms with Crippen LogP contribution in [0.4, 0.5) is 0 Å². The average Bonchev–Trinajstić information content (AvgIpc) is 3.16. The zero-order chi connectivity index (χ0) is 23.9. The van der Waals surface area contributed by atoms with Crippen molar-refractivity contribution in [2.45, 2.75) is 32.8 Å². The van der Waals surface area contributed by atoms with E-state index in [4.69, 9.17) is 14.2 Å². The van der Waals surface area contributed by atoms with Crippen molar-refractivity contribution < 1.29 is 24.1 Å². The third-order valence-electron chi connectivity index (χ3n) is 5.79. The fraction of sp³-hybridized carbons (Fsp3) is 0.276. The molecule has 4 rings (SSSR count). The lowest BCUT2D eigenvalue weighted by atomic mass is 10.0. The highest BCUT2D eigenvalue weighted by molar-refractivity contribution is 6.01. The van der Waals surface area contributed by atoms with Crippen LogP contribution in [0.2, 0.25) is 0 Å². The zero-order valence-corrected chi connectivity index (χ0v) is 19.6. The van der Waals surface area contributed by atoms with Gasteiger partial charge in [-0.3, -0.25) is 0 Å². The molecule has 5 nitrogen and oxygen atoms in total. The first-order chi connectivity index (χ1) is 16.6. The molecule has 0 aliphatic heterocycles. The largest absolute Gasteiger partial charge is 0.494 e. The second kappa shape index (κ2) is 11.0. The Morgan fingerprint density at radius 2 is 1.59 bits per heavy atom. The van der Waals surface area contributed by atoms with E-state index in [2.05, 4.69) is 49.4 Å². The summed E-state index contributed by atoms with van der Waals surface area (Å²) in [6, 6.07) is 22.2. The van der Waals surface area contributed by atoms with Crippen molar-refractivity contribution in [3.63, 3.8) is 0 Å². The van der Waals surface area contributed by atoms with Gasteiger partial charge in [0.2, 0.25) is 0 Å². The van der Waals surface area contributed by atoms with Crippen LogP contribution in [0, 0.1) is 0 Å². The second-order valence-electron chi connectivity index (χ2n) is 8.16. The summed E-state index contributed by atoms with van der Waals surface area (Å²) in [6.45, 7) is 5.39. The van der Waals surface area contributed by atoms with Crippen molar-refractivity contribution in [1.82, 2.24) is 0 Å². The molecule has 3 aromatic carbocycles. The van der Waals surface area contributed by atoms with Gasteiger partial charge in [-0.1, -0.05) is 49.4 Å². The molecule has 1 unspecified atom stereocenters. The van der Waals surface area contributed by atoms with E-state index >= 15 is 0 Å². The van der Waals surface area contributed by atoms with Gasteiger partial charge in [0.15, 0.2) is 6.10 Å². The van der Waals surface area contributed by atoms with Crippen LogP contribution in [0.1, 0.15) is 37.0 Å². The highest BCUT2D eigenvalue weighted by Crippen LogP contribution is 2.45. The summed E-state index contributed by atoms with van der Waals surface area (Å²) < 4.78 is 17.1. The molecule has 1 aliphatic carbocycles. The first kappa shape index (κ1) is 23.6. The Balaban J connectivity index is 1.47. The molecule has 0 fully saturated rings. The SMILES string of the molecule is CCCOc1ccc2c(c1)-c1ccccc1/C2=C/COc1ccc(CC(OCC)C(=O)O)cc1. The van der Waals surface area contributed by atoms with Crippen molar-refractivity contribution in [1.29, 1.82) is 0 Å². The lowest BCUT2D eigenvalue weighted by molar-refractivity contribution is -0.149. The van der Waals surface area contributed by atoms with E-state index in [9.17, 15) is 9.90 Å². The molecule has 0 bridgehead atoms. The van der Waals surface area contributed by atoms with Crippen LogP contribution in [-0.2, 0) is 16.0 Å². The Hall–Kier alpha value is -3.57. The van der Waals surface area contributed by atoms with Crippen LogP contribution in [-0.4, -0.2) is 37.0 Å². The third-order valence-corrected chi connectivity index (χ3v) is 5.79. The van der Waals surface area contributed by atoms with Crippen molar-refractivity contribution in [3.05, 3.63) is 89.5 Å². The summed E-state index contributed by atoms with van der Waals surface area (Å²) in [5.74, 6) is 0.677. The number of hydrogen-bond acceptors (Lipinski definition) is 4. The van der Waals surface area contributed by atoms with Gasteiger partial charge in [0, 0.05) is 13.0 Å².